The highest BCUT2D eigenvalue weighted by Gasteiger charge is 2.26. The highest BCUT2D eigenvalue weighted by molar-refractivity contribution is 6.08. The van der Waals surface area contributed by atoms with Crippen LogP contribution >= 0.6 is 0 Å². The standard InChI is InChI=1S/C17H16F2N2O7/c1-25-9-4-5-13(26-2)11(6-9)20-16(22)10-7-14(27-3)15(28-17(18)19)8-12(10)21(23)24/h4-8,17H,1-3H3,(H,20,22). The number of nitrogens with zero attached hydrogens (tertiary/aromatic N) is 1. The van der Waals surface area contributed by atoms with Crippen molar-refractivity contribution in [2.24, 2.45) is 0 Å². The van der Waals surface area contributed by atoms with Gasteiger partial charge in [-0.2, -0.15) is 8.78 Å². The lowest BCUT2D eigenvalue weighted by Crippen LogP contribution is -2.15. The summed E-state index contributed by atoms with van der Waals surface area (Å²) in [4.78, 5) is 23.1. The normalized spacial score (nSPS) is 10.4. The Kier molecular flexibility index (Phi) is 6.53. The van der Waals surface area contributed by atoms with Crippen molar-refractivity contribution in [1.82, 2.24) is 0 Å². The predicted molar refractivity (Wildman–Crippen MR) is 93.8 cm³/mol. The van der Waals surface area contributed by atoms with Gasteiger partial charge in [-0.1, -0.05) is 0 Å². The van der Waals surface area contributed by atoms with Crippen LogP contribution in [0.5, 0.6) is 23.0 Å². The van der Waals surface area contributed by atoms with E-state index < -0.39 is 34.4 Å². The number of halogens is 2. The first kappa shape index (κ1) is 20.7. The van der Waals surface area contributed by atoms with E-state index in [1.165, 1.54) is 26.4 Å². The molecule has 0 bridgehead atoms. The minimum atomic E-state index is -3.23. The Morgan fingerprint density at radius 1 is 1.04 bits per heavy atom. The summed E-state index contributed by atoms with van der Waals surface area (Å²) in [6.45, 7) is -3.23. The van der Waals surface area contributed by atoms with Crippen molar-refractivity contribution in [2.75, 3.05) is 26.6 Å². The zero-order valence-electron chi connectivity index (χ0n) is 15.0. The Morgan fingerprint density at radius 3 is 2.25 bits per heavy atom. The van der Waals surface area contributed by atoms with Crippen LogP contribution < -0.4 is 24.3 Å². The maximum atomic E-state index is 12.7. The molecule has 0 aliphatic heterocycles. The van der Waals surface area contributed by atoms with E-state index >= 15 is 0 Å². The molecule has 28 heavy (non-hydrogen) atoms. The second-order valence-corrected chi connectivity index (χ2v) is 5.18. The summed E-state index contributed by atoms with van der Waals surface area (Å²) in [5, 5.41) is 13.8. The Morgan fingerprint density at radius 2 is 1.71 bits per heavy atom. The lowest BCUT2D eigenvalue weighted by atomic mass is 10.1. The van der Waals surface area contributed by atoms with Crippen molar-refractivity contribution in [3.63, 3.8) is 0 Å². The quantitative estimate of drug-likeness (QED) is 0.536. The summed E-state index contributed by atoms with van der Waals surface area (Å²) in [5.41, 5.74) is -0.975. The lowest BCUT2D eigenvalue weighted by molar-refractivity contribution is -0.385. The van der Waals surface area contributed by atoms with Crippen LogP contribution in [0.1, 0.15) is 10.4 Å². The molecule has 0 aromatic heterocycles. The smallest absolute Gasteiger partial charge is 0.387 e. The minimum Gasteiger partial charge on any atom is -0.497 e. The van der Waals surface area contributed by atoms with E-state index in [2.05, 4.69) is 10.1 Å². The van der Waals surface area contributed by atoms with Crippen LogP contribution in [-0.2, 0) is 0 Å². The number of amides is 1. The molecule has 2 rings (SSSR count). The monoisotopic (exact) mass is 398 g/mol. The van der Waals surface area contributed by atoms with Gasteiger partial charge >= 0.3 is 6.61 Å². The number of hydrogen-bond donors (Lipinski definition) is 1. The van der Waals surface area contributed by atoms with Crippen LogP contribution in [-0.4, -0.2) is 38.8 Å². The predicted octanol–water partition coefficient (Wildman–Crippen LogP) is 3.47. The molecule has 0 atom stereocenters. The van der Waals surface area contributed by atoms with Gasteiger partial charge in [-0.25, -0.2) is 0 Å². The number of nitro groups is 1. The van der Waals surface area contributed by atoms with Crippen LogP contribution in [0.3, 0.4) is 0 Å². The Bertz CT molecular complexity index is 890. The Balaban J connectivity index is 2.48. The topological polar surface area (TPSA) is 109 Å². The van der Waals surface area contributed by atoms with Crippen LogP contribution in [0.4, 0.5) is 20.2 Å². The van der Waals surface area contributed by atoms with E-state index in [4.69, 9.17) is 14.2 Å². The van der Waals surface area contributed by atoms with Crippen molar-refractivity contribution < 1.29 is 37.4 Å². The maximum Gasteiger partial charge on any atom is 0.387 e. The van der Waals surface area contributed by atoms with Gasteiger partial charge in [0.15, 0.2) is 11.5 Å². The first-order valence-electron chi connectivity index (χ1n) is 7.65. The van der Waals surface area contributed by atoms with E-state index in [9.17, 15) is 23.7 Å². The summed E-state index contributed by atoms with van der Waals surface area (Å²) in [6, 6.07) is 6.22. The van der Waals surface area contributed by atoms with Crippen molar-refractivity contribution in [1.29, 1.82) is 0 Å². The number of rotatable bonds is 8. The minimum absolute atomic E-state index is 0.188. The van der Waals surface area contributed by atoms with Crippen LogP contribution in [0, 0.1) is 10.1 Å². The van der Waals surface area contributed by atoms with Gasteiger partial charge in [-0.15, -0.1) is 0 Å². The fourth-order valence-corrected chi connectivity index (χ4v) is 2.33. The van der Waals surface area contributed by atoms with E-state index in [0.717, 1.165) is 13.2 Å². The molecule has 0 spiro atoms. The Labute approximate surface area is 157 Å². The highest BCUT2D eigenvalue weighted by atomic mass is 19.3. The second kappa shape index (κ2) is 8.84. The van der Waals surface area contributed by atoms with Gasteiger partial charge < -0.3 is 24.3 Å². The van der Waals surface area contributed by atoms with Crippen LogP contribution in [0.15, 0.2) is 30.3 Å². The average molecular weight is 398 g/mol. The van der Waals surface area contributed by atoms with Gasteiger partial charge in [0, 0.05) is 12.1 Å². The van der Waals surface area contributed by atoms with Gasteiger partial charge in [0.25, 0.3) is 11.6 Å². The SMILES string of the molecule is COc1ccc(OC)c(NC(=O)c2cc(OC)c(OC(F)F)cc2[N+](=O)[O-])c1. The number of carbonyl (C=O) groups excluding carboxylic acids is 1. The summed E-state index contributed by atoms with van der Waals surface area (Å²) < 4.78 is 44.4. The molecule has 11 heteroatoms. The molecule has 0 radical (unpaired) electrons. The first-order chi connectivity index (χ1) is 13.3. The second-order valence-electron chi connectivity index (χ2n) is 5.18. The van der Waals surface area contributed by atoms with E-state index in [1.807, 2.05) is 0 Å². The third-order valence-electron chi connectivity index (χ3n) is 3.59. The van der Waals surface area contributed by atoms with Crippen LogP contribution in [0.2, 0.25) is 0 Å². The molecule has 0 aliphatic rings. The van der Waals surface area contributed by atoms with Gasteiger partial charge in [0.2, 0.25) is 0 Å². The zero-order valence-corrected chi connectivity index (χ0v) is 15.0. The largest absolute Gasteiger partial charge is 0.497 e. The van der Waals surface area contributed by atoms with Gasteiger partial charge in [0.05, 0.1) is 38.0 Å². The molecule has 0 aliphatic carbocycles. The number of nitro benzene ring substituents is 1. The summed E-state index contributed by atoms with van der Waals surface area (Å²) >= 11 is 0. The molecule has 2 aromatic carbocycles. The Hall–Kier alpha value is -3.63. The van der Waals surface area contributed by atoms with Crippen LogP contribution in [0.25, 0.3) is 0 Å². The molecule has 0 fully saturated rings. The molecule has 0 unspecified atom stereocenters. The lowest BCUT2D eigenvalue weighted by Gasteiger charge is -2.14. The number of carbonyl (C=O) groups is 1. The number of nitrogens with one attached hydrogen (secondary N) is 1. The van der Waals surface area contributed by atoms with Gasteiger partial charge in [-0.05, 0) is 12.1 Å². The maximum absolute atomic E-state index is 12.7. The van der Waals surface area contributed by atoms with Crippen molar-refractivity contribution >= 4 is 17.3 Å². The molecule has 0 saturated carbocycles. The number of ether oxygens (including phenoxy) is 4. The molecule has 150 valence electrons. The number of methoxy groups -OCH3 is 3. The number of anilines is 1. The van der Waals surface area contributed by atoms with E-state index in [-0.39, 0.29) is 17.2 Å². The number of hydrogen-bond acceptors (Lipinski definition) is 7. The molecule has 1 amide bonds. The molecule has 0 saturated heterocycles. The zero-order chi connectivity index (χ0) is 20.8. The number of benzene rings is 2. The highest BCUT2D eigenvalue weighted by Crippen LogP contribution is 2.37. The molecule has 9 nitrogen and oxygen atoms in total. The van der Waals surface area contributed by atoms with Gasteiger partial charge in [0.1, 0.15) is 17.1 Å². The van der Waals surface area contributed by atoms with E-state index in [1.54, 1.807) is 6.07 Å². The molecule has 1 N–H and O–H groups in total. The fourth-order valence-electron chi connectivity index (χ4n) is 2.33. The fraction of sp³-hybridized carbons (Fsp3) is 0.235. The molecular formula is C17H16F2N2O7. The summed E-state index contributed by atoms with van der Waals surface area (Å²) in [6.07, 6.45) is 0. The van der Waals surface area contributed by atoms with E-state index in [0.29, 0.717) is 11.8 Å². The summed E-state index contributed by atoms with van der Waals surface area (Å²) in [7, 11) is 3.94. The average Bonchev–Trinajstić information content (AvgIpc) is 2.66. The third kappa shape index (κ3) is 4.55. The van der Waals surface area contributed by atoms with Crippen molar-refractivity contribution in [2.45, 2.75) is 6.61 Å². The summed E-state index contributed by atoms with van der Waals surface area (Å²) in [5.74, 6) is -1.04. The molecule has 2 aromatic rings. The third-order valence-corrected chi connectivity index (χ3v) is 3.59. The molecule has 0 heterocycles. The first-order valence-corrected chi connectivity index (χ1v) is 7.65. The number of alkyl halides is 2. The van der Waals surface area contributed by atoms with Crippen molar-refractivity contribution in [3.8, 4) is 23.0 Å². The van der Waals surface area contributed by atoms with Gasteiger partial charge in [-0.3, -0.25) is 14.9 Å². The van der Waals surface area contributed by atoms with Crippen molar-refractivity contribution in [3.05, 3.63) is 46.0 Å². The molecular weight excluding hydrogens is 382 g/mol.